The van der Waals surface area contributed by atoms with Gasteiger partial charge in [-0.05, 0) is 111 Å². The van der Waals surface area contributed by atoms with Crippen LogP contribution in [0.2, 0.25) is 0 Å². The molecule has 6 heterocycles. The largest absolute Gasteiger partial charge is 0.322 e. The summed E-state index contributed by atoms with van der Waals surface area (Å²) in [7, 11) is 0. The third-order valence-corrected chi connectivity index (χ3v) is 10.7. The predicted octanol–water partition coefficient (Wildman–Crippen LogP) is 1.83. The fourth-order valence-electron chi connectivity index (χ4n) is 7.99. The standard InChI is InChI=1S/2C18H21N3O3/c22-16-4-3-15(17(23)20-16)21-10-13-9-12(1-2-14(13)18(21)24)11-5-7-19-8-6-11;22-16-4-3-15(17(23)20-16)21-10-13-2-1-12(9-14(13)18(21)24)11-5-7-19-8-6-11/h2*1-2,9,11,15,19H,3-8,10H2,(H,20,22,23). The molecule has 2 unspecified atom stereocenters. The van der Waals surface area contributed by atoms with Crippen molar-refractivity contribution in [2.24, 2.45) is 0 Å². The molecule has 6 amide bonds. The van der Waals surface area contributed by atoms with E-state index in [9.17, 15) is 28.8 Å². The molecule has 6 aliphatic rings. The summed E-state index contributed by atoms with van der Waals surface area (Å²) in [6, 6.07) is 11.2. The van der Waals surface area contributed by atoms with Crippen LogP contribution in [-0.4, -0.2) is 83.5 Å². The molecule has 0 radical (unpaired) electrons. The van der Waals surface area contributed by atoms with Crippen LogP contribution in [0.3, 0.4) is 0 Å². The highest BCUT2D eigenvalue weighted by atomic mass is 16.2. The summed E-state index contributed by atoms with van der Waals surface area (Å²) in [4.78, 5) is 75.5. The topological polar surface area (TPSA) is 157 Å². The van der Waals surface area contributed by atoms with Gasteiger partial charge in [0.2, 0.25) is 23.6 Å². The second-order valence-electron chi connectivity index (χ2n) is 13.7. The zero-order valence-corrected chi connectivity index (χ0v) is 27.0. The quantitative estimate of drug-likeness (QED) is 0.364. The predicted molar refractivity (Wildman–Crippen MR) is 175 cm³/mol. The van der Waals surface area contributed by atoms with Crippen LogP contribution in [0.25, 0.3) is 0 Å². The summed E-state index contributed by atoms with van der Waals surface area (Å²) in [5.41, 5.74) is 5.89. The van der Waals surface area contributed by atoms with Gasteiger partial charge in [0, 0.05) is 37.1 Å². The summed E-state index contributed by atoms with van der Waals surface area (Å²) >= 11 is 0. The van der Waals surface area contributed by atoms with Crippen LogP contribution in [0.5, 0.6) is 0 Å². The number of carbonyl (C=O) groups is 6. The molecule has 12 heteroatoms. The Morgan fingerprint density at radius 2 is 1.00 bits per heavy atom. The zero-order chi connectivity index (χ0) is 33.4. The molecule has 0 spiro atoms. The second-order valence-corrected chi connectivity index (χ2v) is 13.7. The molecule has 2 aromatic carbocycles. The maximum atomic E-state index is 12.8. The number of amides is 6. The van der Waals surface area contributed by atoms with E-state index in [4.69, 9.17) is 0 Å². The molecule has 6 aliphatic heterocycles. The van der Waals surface area contributed by atoms with E-state index in [1.807, 2.05) is 18.2 Å². The first kappa shape index (κ1) is 32.1. The van der Waals surface area contributed by atoms with Gasteiger partial charge in [0.15, 0.2) is 0 Å². The first-order valence-corrected chi connectivity index (χ1v) is 17.2. The van der Waals surface area contributed by atoms with Crippen molar-refractivity contribution in [3.8, 4) is 0 Å². The number of rotatable bonds is 4. The van der Waals surface area contributed by atoms with Gasteiger partial charge in [0.25, 0.3) is 11.8 Å². The van der Waals surface area contributed by atoms with Crippen molar-refractivity contribution in [2.75, 3.05) is 26.2 Å². The van der Waals surface area contributed by atoms with Crippen molar-refractivity contribution < 1.29 is 28.8 Å². The number of hydrogen-bond acceptors (Lipinski definition) is 8. The molecule has 4 fully saturated rings. The average Bonchev–Trinajstić information content (AvgIpc) is 3.61. The molecule has 0 saturated carbocycles. The number of nitrogens with one attached hydrogen (secondary N) is 4. The Bertz CT molecular complexity index is 1630. The molecule has 8 rings (SSSR count). The Balaban J connectivity index is 0.000000152. The Morgan fingerprint density at radius 3 is 1.54 bits per heavy atom. The van der Waals surface area contributed by atoms with Crippen molar-refractivity contribution in [1.29, 1.82) is 0 Å². The zero-order valence-electron chi connectivity index (χ0n) is 27.0. The minimum absolute atomic E-state index is 0.0877. The smallest absolute Gasteiger partial charge is 0.255 e. The maximum Gasteiger partial charge on any atom is 0.255 e. The van der Waals surface area contributed by atoms with E-state index in [0.717, 1.165) is 68.6 Å². The van der Waals surface area contributed by atoms with E-state index >= 15 is 0 Å². The van der Waals surface area contributed by atoms with Crippen molar-refractivity contribution >= 4 is 35.4 Å². The summed E-state index contributed by atoms with van der Waals surface area (Å²) in [5.74, 6) is -0.379. The number of piperidine rings is 4. The summed E-state index contributed by atoms with van der Waals surface area (Å²) in [5, 5.41) is 11.4. The van der Waals surface area contributed by atoms with Crippen LogP contribution in [-0.2, 0) is 32.3 Å². The van der Waals surface area contributed by atoms with Gasteiger partial charge in [0.05, 0.1) is 0 Å². The molecule has 4 saturated heterocycles. The first-order chi connectivity index (χ1) is 23.3. The van der Waals surface area contributed by atoms with Gasteiger partial charge in [-0.15, -0.1) is 0 Å². The molecule has 0 bridgehead atoms. The first-order valence-electron chi connectivity index (χ1n) is 17.2. The van der Waals surface area contributed by atoms with Crippen molar-refractivity contribution in [3.63, 3.8) is 0 Å². The molecule has 0 aliphatic carbocycles. The van der Waals surface area contributed by atoms with Crippen LogP contribution in [0.1, 0.15) is 106 Å². The van der Waals surface area contributed by atoms with Crippen molar-refractivity contribution in [2.45, 2.75) is 88.4 Å². The number of imide groups is 2. The van der Waals surface area contributed by atoms with E-state index in [1.165, 1.54) is 11.1 Å². The van der Waals surface area contributed by atoms with Gasteiger partial charge in [-0.3, -0.25) is 39.4 Å². The highest BCUT2D eigenvalue weighted by Gasteiger charge is 2.40. The molecule has 48 heavy (non-hydrogen) atoms. The van der Waals surface area contributed by atoms with E-state index in [0.29, 0.717) is 43.3 Å². The van der Waals surface area contributed by atoms with Gasteiger partial charge in [-0.1, -0.05) is 24.3 Å². The summed E-state index contributed by atoms with van der Waals surface area (Å²) in [6.07, 6.45) is 5.80. The molecule has 252 valence electrons. The fourth-order valence-corrected chi connectivity index (χ4v) is 7.99. The van der Waals surface area contributed by atoms with Crippen LogP contribution in [0.4, 0.5) is 0 Å². The average molecular weight is 655 g/mol. The third-order valence-electron chi connectivity index (χ3n) is 10.7. The lowest BCUT2D eigenvalue weighted by molar-refractivity contribution is -0.138. The molecule has 12 nitrogen and oxygen atoms in total. The number of fused-ring (bicyclic) bond motifs is 2. The fraction of sp³-hybridized carbons (Fsp3) is 0.500. The van der Waals surface area contributed by atoms with Gasteiger partial charge in [-0.2, -0.15) is 0 Å². The molecular weight excluding hydrogens is 612 g/mol. The number of carbonyl (C=O) groups excluding carboxylic acids is 6. The molecule has 4 N–H and O–H groups in total. The number of benzene rings is 2. The Kier molecular flexibility index (Phi) is 9.11. The Morgan fingerprint density at radius 1 is 0.521 bits per heavy atom. The highest BCUT2D eigenvalue weighted by Crippen LogP contribution is 2.34. The molecule has 0 aromatic heterocycles. The van der Waals surface area contributed by atoms with Gasteiger partial charge in [-0.25, -0.2) is 0 Å². The minimum Gasteiger partial charge on any atom is -0.322 e. The third kappa shape index (κ3) is 6.38. The second kappa shape index (κ2) is 13.6. The molecule has 2 aromatic rings. The van der Waals surface area contributed by atoms with Crippen LogP contribution in [0, 0.1) is 0 Å². The van der Waals surface area contributed by atoms with Crippen LogP contribution in [0.15, 0.2) is 36.4 Å². The van der Waals surface area contributed by atoms with E-state index in [-0.39, 0.29) is 48.3 Å². The number of nitrogens with zero attached hydrogens (tertiary/aromatic N) is 2. The lowest BCUT2D eigenvalue weighted by Crippen LogP contribution is -2.52. The van der Waals surface area contributed by atoms with Crippen molar-refractivity contribution in [3.05, 3.63) is 69.8 Å². The maximum absolute atomic E-state index is 12.8. The van der Waals surface area contributed by atoms with Gasteiger partial charge in [0.1, 0.15) is 12.1 Å². The summed E-state index contributed by atoms with van der Waals surface area (Å²) < 4.78 is 0. The molecular formula is C36H42N6O6. The Hall–Kier alpha value is -4.42. The van der Waals surface area contributed by atoms with Gasteiger partial charge >= 0.3 is 0 Å². The van der Waals surface area contributed by atoms with Crippen molar-refractivity contribution in [1.82, 2.24) is 31.1 Å². The van der Waals surface area contributed by atoms with Gasteiger partial charge < -0.3 is 20.4 Å². The number of hydrogen-bond donors (Lipinski definition) is 4. The lowest BCUT2D eigenvalue weighted by atomic mass is 9.88. The van der Waals surface area contributed by atoms with E-state index in [1.54, 1.807) is 9.80 Å². The van der Waals surface area contributed by atoms with Crippen LogP contribution >= 0.6 is 0 Å². The minimum atomic E-state index is -0.537. The highest BCUT2D eigenvalue weighted by molar-refractivity contribution is 6.06. The molecule has 2 atom stereocenters. The SMILES string of the molecule is O=C1CCC(N2Cc3cc(C4CCNCC4)ccc3C2=O)C(=O)N1.O=C1CCC(N2Cc3ccc(C4CCNCC4)cc3C2=O)C(=O)N1. The van der Waals surface area contributed by atoms with Crippen LogP contribution < -0.4 is 21.3 Å². The summed E-state index contributed by atoms with van der Waals surface area (Å²) in [6.45, 7) is 4.99. The lowest BCUT2D eigenvalue weighted by Gasteiger charge is -2.29. The monoisotopic (exact) mass is 654 g/mol. The Labute approximate surface area is 279 Å². The normalized spacial score (nSPS) is 24.9. The van der Waals surface area contributed by atoms with E-state index in [2.05, 4.69) is 39.5 Å². The van der Waals surface area contributed by atoms with E-state index < -0.39 is 12.1 Å².